The Balaban J connectivity index is 2.24. The molecule has 1 aromatic carbocycles. The number of rotatable bonds is 4. The first kappa shape index (κ1) is 17.0. The molecule has 0 bridgehead atoms. The van der Waals surface area contributed by atoms with Gasteiger partial charge < -0.3 is 0 Å². The van der Waals surface area contributed by atoms with Crippen molar-refractivity contribution in [3.8, 4) is 0 Å². The molecule has 0 spiro atoms. The second-order valence-corrected chi connectivity index (χ2v) is 21.0. The third-order valence-corrected chi connectivity index (χ3v) is 9.68. The van der Waals surface area contributed by atoms with Gasteiger partial charge in [0.1, 0.15) is 0 Å². The summed E-state index contributed by atoms with van der Waals surface area (Å²) in [5.41, 5.74) is 5.68. The minimum absolute atomic E-state index is 0.195. The Morgan fingerprint density at radius 1 is 1.45 bits per heavy atom. The van der Waals surface area contributed by atoms with Gasteiger partial charge in [0.05, 0.1) is 0 Å². The van der Waals surface area contributed by atoms with Crippen molar-refractivity contribution < 1.29 is 18.7 Å². The summed E-state index contributed by atoms with van der Waals surface area (Å²) < 4.78 is 20.3. The molecule has 2 amide bonds. The molecule has 0 saturated carbocycles. The van der Waals surface area contributed by atoms with E-state index in [2.05, 4.69) is 14.8 Å². The fourth-order valence-corrected chi connectivity index (χ4v) is 6.34. The van der Waals surface area contributed by atoms with E-state index in [1.165, 1.54) is 11.0 Å². The van der Waals surface area contributed by atoms with Crippen LogP contribution >= 0.6 is 0 Å². The van der Waals surface area contributed by atoms with E-state index in [0.29, 0.717) is 5.69 Å². The van der Waals surface area contributed by atoms with Crippen LogP contribution in [0.2, 0.25) is 14.8 Å². The molecule has 2 atom stereocenters. The Labute approximate surface area is 133 Å². The molecule has 5 nitrogen and oxygen atoms in total. The average molecular weight is 415 g/mol. The van der Waals surface area contributed by atoms with Gasteiger partial charge in [0.25, 0.3) is 0 Å². The third kappa shape index (κ3) is 3.36. The molecule has 1 saturated heterocycles. The number of carbonyl (C=O) groups is 2. The second-order valence-electron chi connectivity index (χ2n) is 6.64. The molecule has 0 radical (unpaired) electrons. The molecule has 1 aliphatic heterocycles. The summed E-state index contributed by atoms with van der Waals surface area (Å²) in [6.07, 6.45) is -1.18. The SMILES string of the molecule is CC(C(N)=O)[C@H]1CN(c2cc[c]([Sn]([CH3])([CH3])[CH3])c(F)c2)C(=O)O1. The van der Waals surface area contributed by atoms with Crippen molar-refractivity contribution in [2.24, 2.45) is 11.7 Å². The van der Waals surface area contributed by atoms with Crippen LogP contribution in [-0.2, 0) is 9.53 Å². The summed E-state index contributed by atoms with van der Waals surface area (Å²) in [6.45, 7) is 1.81. The van der Waals surface area contributed by atoms with Crippen LogP contribution in [0.15, 0.2) is 18.2 Å². The Morgan fingerprint density at radius 3 is 2.59 bits per heavy atom. The number of carbonyl (C=O) groups excluding carboxylic acids is 2. The van der Waals surface area contributed by atoms with Crippen LogP contribution in [0.25, 0.3) is 0 Å². The molecule has 1 aliphatic rings. The fourth-order valence-electron chi connectivity index (χ4n) is 2.42. The van der Waals surface area contributed by atoms with Gasteiger partial charge in [-0.1, -0.05) is 0 Å². The number of hydrogen-bond donors (Lipinski definition) is 1. The van der Waals surface area contributed by atoms with Gasteiger partial charge in [0.2, 0.25) is 0 Å². The Bertz CT molecular complexity index is 615. The zero-order chi connectivity index (χ0) is 16.7. The van der Waals surface area contributed by atoms with Crippen molar-refractivity contribution in [2.45, 2.75) is 27.8 Å². The van der Waals surface area contributed by atoms with Gasteiger partial charge in [-0.15, -0.1) is 0 Å². The molecule has 2 N–H and O–H groups in total. The van der Waals surface area contributed by atoms with Crippen molar-refractivity contribution >= 4 is 39.6 Å². The molecule has 120 valence electrons. The predicted octanol–water partition coefficient (Wildman–Crippen LogP) is 1.82. The summed E-state index contributed by atoms with van der Waals surface area (Å²) in [6, 6.07) is 4.87. The van der Waals surface area contributed by atoms with E-state index in [0.717, 1.165) is 3.58 Å². The normalized spacial score (nSPS) is 20.0. The fraction of sp³-hybridized carbons (Fsp3) is 0.467. The van der Waals surface area contributed by atoms with Crippen LogP contribution in [-0.4, -0.2) is 43.0 Å². The molecule has 0 aromatic heterocycles. The number of halogens is 1. The molecule has 1 fully saturated rings. The quantitative estimate of drug-likeness (QED) is 0.763. The minimum atomic E-state index is -2.52. The van der Waals surface area contributed by atoms with Crippen molar-refractivity contribution in [1.82, 2.24) is 0 Å². The molecule has 1 aromatic rings. The number of benzene rings is 1. The summed E-state index contributed by atoms with van der Waals surface area (Å²) in [7, 11) is 0. The van der Waals surface area contributed by atoms with Crippen LogP contribution in [0.4, 0.5) is 14.9 Å². The molecule has 22 heavy (non-hydrogen) atoms. The number of nitrogens with zero attached hydrogens (tertiary/aromatic N) is 1. The first-order chi connectivity index (χ1) is 10.1. The summed E-state index contributed by atoms with van der Waals surface area (Å²) in [4.78, 5) is 30.9. The van der Waals surface area contributed by atoms with E-state index in [1.54, 1.807) is 19.1 Å². The number of amides is 2. The van der Waals surface area contributed by atoms with E-state index in [1.807, 2.05) is 0 Å². The molecule has 2 rings (SSSR count). The van der Waals surface area contributed by atoms with Gasteiger partial charge in [0, 0.05) is 0 Å². The van der Waals surface area contributed by atoms with Crippen LogP contribution in [0.5, 0.6) is 0 Å². The van der Waals surface area contributed by atoms with Crippen LogP contribution in [0.3, 0.4) is 0 Å². The summed E-state index contributed by atoms with van der Waals surface area (Å²) in [5.74, 6) is -1.38. The van der Waals surface area contributed by atoms with E-state index in [4.69, 9.17) is 10.5 Å². The van der Waals surface area contributed by atoms with Gasteiger partial charge in [-0.05, 0) is 0 Å². The van der Waals surface area contributed by atoms with Crippen molar-refractivity contribution in [2.75, 3.05) is 11.4 Å². The average Bonchev–Trinajstić information content (AvgIpc) is 2.78. The first-order valence-corrected chi connectivity index (χ1v) is 17.2. The predicted molar refractivity (Wildman–Crippen MR) is 85.4 cm³/mol. The van der Waals surface area contributed by atoms with Crippen LogP contribution < -0.4 is 14.2 Å². The summed E-state index contributed by atoms with van der Waals surface area (Å²) >= 11 is -2.52. The number of cyclic esters (lactones) is 1. The van der Waals surface area contributed by atoms with E-state index in [9.17, 15) is 14.0 Å². The molecule has 1 heterocycles. The Kier molecular flexibility index (Phi) is 4.70. The zero-order valence-electron chi connectivity index (χ0n) is 13.2. The second kappa shape index (κ2) is 6.06. The number of primary amides is 1. The van der Waals surface area contributed by atoms with Gasteiger partial charge in [0.15, 0.2) is 0 Å². The molecule has 7 heteroatoms. The van der Waals surface area contributed by atoms with Gasteiger partial charge in [-0.2, -0.15) is 0 Å². The first-order valence-electron chi connectivity index (χ1n) is 7.18. The van der Waals surface area contributed by atoms with E-state index in [-0.39, 0.29) is 12.4 Å². The Morgan fingerprint density at radius 2 is 2.09 bits per heavy atom. The number of hydrogen-bond acceptors (Lipinski definition) is 3. The zero-order valence-corrected chi connectivity index (χ0v) is 16.1. The number of nitrogens with two attached hydrogens (primary N) is 1. The number of anilines is 1. The Hall–Kier alpha value is -1.31. The monoisotopic (exact) mass is 416 g/mol. The molecule has 0 aliphatic carbocycles. The topological polar surface area (TPSA) is 72.6 Å². The maximum absolute atomic E-state index is 14.3. The third-order valence-electron chi connectivity index (χ3n) is 3.91. The van der Waals surface area contributed by atoms with Gasteiger partial charge in [-0.25, -0.2) is 0 Å². The molecule has 1 unspecified atom stereocenters. The summed E-state index contributed by atoms with van der Waals surface area (Å²) in [5, 5.41) is 0. The van der Waals surface area contributed by atoms with E-state index >= 15 is 0 Å². The van der Waals surface area contributed by atoms with Crippen LogP contribution in [0.1, 0.15) is 6.92 Å². The molecular formula is C15H21FN2O3Sn. The maximum atomic E-state index is 14.3. The van der Waals surface area contributed by atoms with Gasteiger partial charge in [-0.3, -0.25) is 0 Å². The number of ether oxygens (including phenoxy) is 1. The molecular weight excluding hydrogens is 394 g/mol. The van der Waals surface area contributed by atoms with Crippen molar-refractivity contribution in [1.29, 1.82) is 0 Å². The standard InChI is InChI=1S/C12H12FN2O3.3CH3.Sn/c1-7(11(14)16)10-6-15(12(17)18-10)9-4-2-3-8(13)5-9;;;;/h2,4-5,7,10H,6H2,1H3,(H2,14,16);3*1H3;/t7?,10-;;;;/m1..../s1. The van der Waals surface area contributed by atoms with E-state index < -0.39 is 42.4 Å². The van der Waals surface area contributed by atoms with Crippen molar-refractivity contribution in [3.63, 3.8) is 0 Å². The van der Waals surface area contributed by atoms with Gasteiger partial charge >= 0.3 is 133 Å². The van der Waals surface area contributed by atoms with Crippen LogP contribution in [0, 0.1) is 11.7 Å². The van der Waals surface area contributed by atoms with Crippen molar-refractivity contribution in [3.05, 3.63) is 24.0 Å².